The zero-order valence-corrected chi connectivity index (χ0v) is 16.9. The molecule has 0 aliphatic rings. The molecule has 6 nitrogen and oxygen atoms in total. The highest BCUT2D eigenvalue weighted by atomic mass is 35.7. The van der Waals surface area contributed by atoms with Crippen molar-refractivity contribution in [3.8, 4) is 11.3 Å². The van der Waals surface area contributed by atoms with Crippen LogP contribution >= 0.6 is 0 Å². The maximum Gasteiger partial charge on any atom is 0.253 e. The van der Waals surface area contributed by atoms with Gasteiger partial charge in [0, 0.05) is 23.6 Å². The summed E-state index contributed by atoms with van der Waals surface area (Å²) in [6, 6.07) is 33.3. The number of hydrogen-bond acceptors (Lipinski definition) is 5. The lowest BCUT2D eigenvalue weighted by Crippen LogP contribution is -2.68. The number of aromatic nitrogens is 1. The largest absolute Gasteiger partial charge is 0.253 e. The lowest BCUT2D eigenvalue weighted by atomic mass is 9.99. The van der Waals surface area contributed by atoms with Crippen molar-refractivity contribution in [1.29, 1.82) is 0 Å². The van der Waals surface area contributed by atoms with E-state index in [2.05, 4.69) is 73.7 Å². The van der Waals surface area contributed by atoms with Gasteiger partial charge in [-0.15, -0.1) is 10.2 Å². The topological polar surface area (TPSA) is 109 Å². The highest BCUT2D eigenvalue weighted by molar-refractivity contribution is 5.56. The van der Waals surface area contributed by atoms with Gasteiger partial charge in [-0.3, -0.25) is 0 Å². The first kappa shape index (κ1) is 21.7. The SMILES string of the molecule is Cc1cc(-c2ccccc2)o[n+]1C(c1ccccc1)c1ccccc1.[O-][Cl+3]([O-])([O-])[O-]. The molecule has 1 heterocycles. The summed E-state index contributed by atoms with van der Waals surface area (Å²) in [4.78, 5) is 0. The number of benzene rings is 3. The number of hydrogen-bond donors (Lipinski definition) is 0. The third-order valence-electron chi connectivity index (χ3n) is 4.41. The molecular weight excluding hydrogens is 406 g/mol. The fourth-order valence-electron chi connectivity index (χ4n) is 3.19. The van der Waals surface area contributed by atoms with Gasteiger partial charge in [-0.1, -0.05) is 91.0 Å². The first-order chi connectivity index (χ1) is 14.3. The second-order valence-corrected chi connectivity index (χ2v) is 7.29. The third kappa shape index (κ3) is 6.00. The number of aryl methyl sites for hydroxylation is 1. The maximum atomic E-state index is 8.49. The van der Waals surface area contributed by atoms with E-state index in [1.165, 1.54) is 11.1 Å². The van der Waals surface area contributed by atoms with Crippen LogP contribution in [0.4, 0.5) is 0 Å². The van der Waals surface area contributed by atoms with Crippen LogP contribution in [0.3, 0.4) is 0 Å². The minimum atomic E-state index is -4.94. The molecule has 0 fully saturated rings. The normalized spacial score (nSPS) is 11.1. The van der Waals surface area contributed by atoms with Crippen molar-refractivity contribution in [2.75, 3.05) is 0 Å². The molecule has 0 bridgehead atoms. The number of rotatable bonds is 4. The lowest BCUT2D eigenvalue weighted by molar-refractivity contribution is -2.00. The van der Waals surface area contributed by atoms with Crippen LogP contribution in [0.1, 0.15) is 22.9 Å². The predicted octanol–water partition coefficient (Wildman–Crippen LogP) is 0.424. The van der Waals surface area contributed by atoms with Crippen molar-refractivity contribution in [2.24, 2.45) is 0 Å². The van der Waals surface area contributed by atoms with Gasteiger partial charge in [0.15, 0.2) is 0 Å². The molecule has 3 aromatic carbocycles. The Morgan fingerprint density at radius 3 is 1.53 bits per heavy atom. The van der Waals surface area contributed by atoms with Crippen LogP contribution in [0.15, 0.2) is 102 Å². The molecule has 0 unspecified atom stereocenters. The molecule has 0 N–H and O–H groups in total. The van der Waals surface area contributed by atoms with Crippen LogP contribution in [0.25, 0.3) is 11.3 Å². The molecule has 1 aromatic heterocycles. The van der Waals surface area contributed by atoms with E-state index in [0.717, 1.165) is 17.0 Å². The quantitative estimate of drug-likeness (QED) is 0.440. The van der Waals surface area contributed by atoms with E-state index in [1.807, 2.05) is 35.1 Å². The van der Waals surface area contributed by atoms with Crippen molar-refractivity contribution < 1.29 is 38.1 Å². The smallest absolute Gasteiger partial charge is 0.235 e. The summed E-state index contributed by atoms with van der Waals surface area (Å²) >= 11 is 0. The van der Waals surface area contributed by atoms with Crippen LogP contribution in [0.2, 0.25) is 0 Å². The minimum absolute atomic E-state index is 0.0138. The minimum Gasteiger partial charge on any atom is -0.235 e. The Hall–Kier alpha value is -3.00. The Morgan fingerprint density at radius 1 is 0.700 bits per heavy atom. The third-order valence-corrected chi connectivity index (χ3v) is 4.41. The van der Waals surface area contributed by atoms with E-state index in [0.29, 0.717) is 0 Å². The fourth-order valence-corrected chi connectivity index (χ4v) is 3.19. The first-order valence-corrected chi connectivity index (χ1v) is 10.4. The first-order valence-electron chi connectivity index (χ1n) is 9.12. The lowest BCUT2D eigenvalue weighted by Gasteiger charge is -2.17. The average molecular weight is 426 g/mol. The zero-order chi connectivity index (χ0) is 21.6. The maximum absolute atomic E-state index is 8.49. The Balaban J connectivity index is 0.000000461. The Kier molecular flexibility index (Phi) is 6.99. The van der Waals surface area contributed by atoms with Gasteiger partial charge in [-0.2, -0.15) is 0 Å². The molecule has 0 radical (unpaired) electrons. The van der Waals surface area contributed by atoms with E-state index in [9.17, 15) is 0 Å². The van der Waals surface area contributed by atoms with Gasteiger partial charge in [-0.25, -0.2) is 23.2 Å². The van der Waals surface area contributed by atoms with Crippen LogP contribution in [-0.4, -0.2) is 0 Å². The average Bonchev–Trinajstić information content (AvgIpc) is 3.11. The van der Waals surface area contributed by atoms with Crippen LogP contribution in [-0.2, 0) is 0 Å². The number of nitrogens with zero attached hydrogens (tertiary/aromatic N) is 1. The van der Waals surface area contributed by atoms with E-state index in [1.54, 1.807) is 0 Å². The molecule has 0 atom stereocenters. The summed E-state index contributed by atoms with van der Waals surface area (Å²) < 4.78 is 42.3. The van der Waals surface area contributed by atoms with E-state index >= 15 is 0 Å². The van der Waals surface area contributed by atoms with Crippen LogP contribution in [0.5, 0.6) is 0 Å². The van der Waals surface area contributed by atoms with E-state index in [-0.39, 0.29) is 6.04 Å². The summed E-state index contributed by atoms with van der Waals surface area (Å²) in [6.45, 7) is 2.09. The molecule has 0 saturated carbocycles. The van der Waals surface area contributed by atoms with Gasteiger partial charge < -0.3 is 0 Å². The van der Waals surface area contributed by atoms with Gasteiger partial charge in [0.25, 0.3) is 6.04 Å². The Labute approximate surface area is 176 Å². The second kappa shape index (κ2) is 9.67. The van der Waals surface area contributed by atoms with Crippen molar-refractivity contribution >= 4 is 0 Å². The summed E-state index contributed by atoms with van der Waals surface area (Å²) in [6.07, 6.45) is 0. The van der Waals surface area contributed by atoms with Gasteiger partial charge >= 0.3 is 0 Å². The van der Waals surface area contributed by atoms with Crippen LogP contribution < -0.4 is 23.4 Å². The van der Waals surface area contributed by atoms with Gasteiger partial charge in [0.05, 0.1) is 6.07 Å². The molecule has 0 saturated heterocycles. The van der Waals surface area contributed by atoms with Gasteiger partial charge in [0.1, 0.15) is 0 Å². The van der Waals surface area contributed by atoms with Gasteiger partial charge in [-0.05, 0) is 4.74 Å². The van der Waals surface area contributed by atoms with Crippen molar-refractivity contribution in [2.45, 2.75) is 13.0 Å². The zero-order valence-electron chi connectivity index (χ0n) is 16.2. The fraction of sp³-hybridized carbons (Fsp3) is 0.0870. The Bertz CT molecular complexity index is 1000. The van der Waals surface area contributed by atoms with E-state index in [4.69, 9.17) is 23.2 Å². The van der Waals surface area contributed by atoms with Crippen molar-refractivity contribution in [1.82, 2.24) is 0 Å². The highest BCUT2D eigenvalue weighted by Gasteiger charge is 2.30. The second-order valence-electron chi connectivity index (χ2n) is 6.53. The van der Waals surface area contributed by atoms with Gasteiger partial charge in [0.2, 0.25) is 11.5 Å². The molecule has 4 aromatic rings. The highest BCUT2D eigenvalue weighted by Crippen LogP contribution is 2.25. The molecule has 154 valence electrons. The molecule has 4 rings (SSSR count). The van der Waals surface area contributed by atoms with Crippen LogP contribution in [0, 0.1) is 17.2 Å². The van der Waals surface area contributed by atoms with E-state index < -0.39 is 10.2 Å². The molecule has 30 heavy (non-hydrogen) atoms. The summed E-state index contributed by atoms with van der Waals surface area (Å²) in [5, 5.41) is 0. The summed E-state index contributed by atoms with van der Waals surface area (Å²) in [5.74, 6) is 0.884. The summed E-state index contributed by atoms with van der Waals surface area (Å²) in [5.41, 5.74) is 4.59. The summed E-state index contributed by atoms with van der Waals surface area (Å²) in [7, 11) is -4.94. The predicted molar refractivity (Wildman–Crippen MR) is 99.2 cm³/mol. The number of halogens is 1. The molecule has 0 aliphatic heterocycles. The molecular formula is C23H20ClNO5. The Morgan fingerprint density at radius 2 is 1.10 bits per heavy atom. The molecule has 0 amide bonds. The standard InChI is InChI=1S/C23H20NO.ClHO4/c1-18-17-22(19-11-5-2-6-12-19)25-24(18)23(20-13-7-3-8-14-20)21-15-9-4-10-16-21;2-1(3,4)5/h2-17,23H,1H3;(H,2,3,4,5)/q+1;/p-1. The van der Waals surface area contributed by atoms with Crippen molar-refractivity contribution in [3.05, 3.63) is 114 Å². The van der Waals surface area contributed by atoms with Crippen molar-refractivity contribution in [3.63, 3.8) is 0 Å². The monoisotopic (exact) mass is 425 g/mol. The molecule has 0 aliphatic carbocycles. The molecule has 7 heteroatoms. The molecule has 0 spiro atoms.